The molecule has 8 nitrogen and oxygen atoms in total. The summed E-state index contributed by atoms with van der Waals surface area (Å²) >= 11 is 0. The summed E-state index contributed by atoms with van der Waals surface area (Å²) in [5, 5.41) is 7.99. The predicted octanol–water partition coefficient (Wildman–Crippen LogP) is 26.3. The van der Waals surface area contributed by atoms with Gasteiger partial charge in [0.05, 0.1) is 44.3 Å². The van der Waals surface area contributed by atoms with E-state index in [0.29, 0.717) is 5.82 Å². The fraction of sp³-hybridized carbons (Fsp3) is 0. The van der Waals surface area contributed by atoms with Crippen LogP contribution in [0.25, 0.3) is 127 Å². The number of anilines is 9. The van der Waals surface area contributed by atoms with Crippen molar-refractivity contribution in [1.29, 1.82) is 0 Å². The minimum absolute atomic E-state index is 0.623. The largest absolute Gasteiger partial charge is 0.310 e. The maximum atomic E-state index is 5.82. The molecule has 0 radical (unpaired) electrons. The molecule has 20 aromatic rings. The Kier molecular flexibility index (Phi) is 15.0. The molecule has 4 heterocycles. The highest BCUT2D eigenvalue weighted by Gasteiger charge is 2.24. The van der Waals surface area contributed by atoms with E-state index in [9.17, 15) is 0 Å². The fourth-order valence-electron chi connectivity index (χ4n) is 16.0. The first-order valence-electron chi connectivity index (χ1n) is 36.0. The van der Waals surface area contributed by atoms with Crippen molar-refractivity contribution in [1.82, 2.24) is 23.7 Å². The van der Waals surface area contributed by atoms with E-state index in [2.05, 4.69) is 429 Å². The van der Waals surface area contributed by atoms with Gasteiger partial charge in [-0.3, -0.25) is 0 Å². The molecule has 20 rings (SSSR count). The molecule has 8 heteroatoms. The lowest BCUT2D eigenvalue weighted by atomic mass is 9.99. The van der Waals surface area contributed by atoms with E-state index in [1.54, 1.807) is 0 Å². The highest BCUT2D eigenvalue weighted by molar-refractivity contribution is 6.13. The third-order valence-electron chi connectivity index (χ3n) is 20.7. The highest BCUT2D eigenvalue weighted by atomic mass is 15.2. The number of para-hydroxylation sites is 9. The maximum absolute atomic E-state index is 5.82. The summed E-state index contributed by atoms with van der Waals surface area (Å²) in [6.07, 6.45) is 0. The molecule has 0 aliphatic carbocycles. The zero-order valence-electron chi connectivity index (χ0n) is 57.7. The SMILES string of the molecule is c1ccc(N(c2ccccc2)c2ccc3c4ccccc4n(-c4cccc(-c5ccc6nc(-c7cccc(-n8c9ccccc9c9ccc(N(c%10ccccc%10)c%10ccccc%10)cc98)c7)nc(-c7cccc(-n8c9ccccc9c9ccc(N(c%10ccccc%10)c%10ccccc%10)cc98)c7)c6c5)c4)c3c2)cc1. The van der Waals surface area contributed by atoms with Crippen molar-refractivity contribution in [2.75, 3.05) is 14.7 Å². The summed E-state index contributed by atoms with van der Waals surface area (Å²) in [5.41, 5.74) is 25.0. The van der Waals surface area contributed by atoms with E-state index in [0.717, 1.165) is 140 Å². The third kappa shape index (κ3) is 10.7. The third-order valence-corrected chi connectivity index (χ3v) is 20.7. The lowest BCUT2D eigenvalue weighted by molar-refractivity contribution is 1.16. The van der Waals surface area contributed by atoms with Gasteiger partial charge in [0.1, 0.15) is 0 Å². The van der Waals surface area contributed by atoms with E-state index in [-0.39, 0.29) is 0 Å². The molecular weight excluding hydrogens is 1290 g/mol. The van der Waals surface area contributed by atoms with Gasteiger partial charge in [-0.2, -0.15) is 0 Å². The van der Waals surface area contributed by atoms with Gasteiger partial charge in [0.15, 0.2) is 5.82 Å². The Balaban J connectivity index is 0.761. The Morgan fingerprint density at radius 1 is 0.179 bits per heavy atom. The Labute approximate surface area is 613 Å². The van der Waals surface area contributed by atoms with Crippen LogP contribution in [0.15, 0.2) is 400 Å². The lowest BCUT2D eigenvalue weighted by Crippen LogP contribution is -2.09. The predicted molar refractivity (Wildman–Crippen MR) is 443 cm³/mol. The van der Waals surface area contributed by atoms with Crippen LogP contribution in [0.2, 0.25) is 0 Å². The van der Waals surface area contributed by atoms with Crippen molar-refractivity contribution < 1.29 is 0 Å². The summed E-state index contributed by atoms with van der Waals surface area (Å²) in [6.45, 7) is 0. The zero-order chi connectivity index (χ0) is 70.0. The summed E-state index contributed by atoms with van der Waals surface area (Å²) in [5.74, 6) is 0.623. The minimum atomic E-state index is 0.623. The van der Waals surface area contributed by atoms with Crippen LogP contribution >= 0.6 is 0 Å². The van der Waals surface area contributed by atoms with Crippen molar-refractivity contribution in [2.45, 2.75) is 0 Å². The molecule has 0 bridgehead atoms. The van der Waals surface area contributed by atoms with Crippen LogP contribution in [-0.4, -0.2) is 23.7 Å². The first-order valence-corrected chi connectivity index (χ1v) is 36.0. The molecule has 16 aromatic carbocycles. The number of aromatic nitrogens is 5. The van der Waals surface area contributed by atoms with Gasteiger partial charge in [0.2, 0.25) is 0 Å². The molecule has 0 saturated heterocycles. The second-order valence-corrected chi connectivity index (χ2v) is 27.0. The van der Waals surface area contributed by atoms with Gasteiger partial charge in [0, 0.05) is 117 Å². The van der Waals surface area contributed by atoms with Crippen LogP contribution in [-0.2, 0) is 0 Å². The van der Waals surface area contributed by atoms with Crippen molar-refractivity contribution in [3.8, 4) is 50.8 Å². The van der Waals surface area contributed by atoms with Crippen LogP contribution < -0.4 is 14.7 Å². The quantitative estimate of drug-likeness (QED) is 0.102. The van der Waals surface area contributed by atoms with E-state index in [4.69, 9.17) is 9.97 Å². The molecule has 0 unspecified atom stereocenters. The molecule has 0 aliphatic heterocycles. The molecule has 0 spiro atoms. The van der Waals surface area contributed by atoms with E-state index >= 15 is 0 Å². The second-order valence-electron chi connectivity index (χ2n) is 27.0. The van der Waals surface area contributed by atoms with E-state index < -0.39 is 0 Å². The molecule has 106 heavy (non-hydrogen) atoms. The monoisotopic (exact) mass is 1350 g/mol. The van der Waals surface area contributed by atoms with Gasteiger partial charge < -0.3 is 28.4 Å². The Morgan fingerprint density at radius 2 is 0.481 bits per heavy atom. The molecular formula is C98H66N8. The molecule has 0 fully saturated rings. The molecule has 0 saturated carbocycles. The van der Waals surface area contributed by atoms with Crippen molar-refractivity contribution in [2.24, 2.45) is 0 Å². The van der Waals surface area contributed by atoms with Gasteiger partial charge in [-0.25, -0.2) is 9.97 Å². The number of rotatable bonds is 15. The minimum Gasteiger partial charge on any atom is -0.310 e. The molecule has 4 aromatic heterocycles. The van der Waals surface area contributed by atoms with Gasteiger partial charge in [-0.1, -0.05) is 224 Å². The molecule has 0 atom stereocenters. The maximum Gasteiger partial charge on any atom is 0.160 e. The Hall–Kier alpha value is -14.3. The normalized spacial score (nSPS) is 11.6. The number of fused-ring (bicyclic) bond motifs is 10. The zero-order valence-corrected chi connectivity index (χ0v) is 57.7. The lowest BCUT2D eigenvalue weighted by Gasteiger charge is -2.25. The Morgan fingerprint density at radius 3 is 0.858 bits per heavy atom. The molecule has 0 amide bonds. The van der Waals surface area contributed by atoms with Crippen LogP contribution in [0.3, 0.4) is 0 Å². The van der Waals surface area contributed by atoms with Crippen molar-refractivity contribution >= 4 is 128 Å². The van der Waals surface area contributed by atoms with Crippen molar-refractivity contribution in [3.63, 3.8) is 0 Å². The topological polar surface area (TPSA) is 50.3 Å². The second kappa shape index (κ2) is 25.9. The highest BCUT2D eigenvalue weighted by Crippen LogP contribution is 2.46. The summed E-state index contributed by atoms with van der Waals surface area (Å²) in [4.78, 5) is 18.4. The number of hydrogen-bond donors (Lipinski definition) is 0. The van der Waals surface area contributed by atoms with Crippen LogP contribution in [0, 0.1) is 0 Å². The number of hydrogen-bond acceptors (Lipinski definition) is 5. The summed E-state index contributed by atoms with van der Waals surface area (Å²) in [7, 11) is 0. The smallest absolute Gasteiger partial charge is 0.160 e. The number of nitrogens with zero attached hydrogens (tertiary/aromatic N) is 8. The average molecular weight is 1360 g/mol. The van der Waals surface area contributed by atoms with Crippen LogP contribution in [0.4, 0.5) is 51.2 Å². The van der Waals surface area contributed by atoms with Gasteiger partial charge in [0.25, 0.3) is 0 Å². The standard InChI is InChI=1S/C98H66N8/c1-7-31-71(32-8-1)101(72-33-9-2-10-34-72)80-53-56-86-83-46-19-22-49-91(83)104(94(86)64-80)77-43-25-28-67(60-77)68-52-59-90-89(63-68)97(69-29-26-44-78(61-69)105-92-50-23-20-47-84(92)87-57-54-81(65-95(87)105)102(73-35-11-3-12-36-73)74-37-13-4-14-38-74)100-98(99-90)70-30-27-45-79(62-70)106-93-51-24-21-48-85(93)88-58-55-82(66-96(88)106)103(75-39-15-5-16-40-75)76-41-17-6-18-42-76/h1-66H. The Bertz CT molecular complexity index is 6590. The molecule has 0 N–H and O–H groups in total. The summed E-state index contributed by atoms with van der Waals surface area (Å²) < 4.78 is 7.25. The number of benzene rings is 16. The van der Waals surface area contributed by atoms with Gasteiger partial charge in [-0.05, 0) is 187 Å². The molecule has 0 aliphatic rings. The average Bonchev–Trinajstić information content (AvgIpc) is 1.68. The van der Waals surface area contributed by atoms with Crippen LogP contribution in [0.5, 0.6) is 0 Å². The first kappa shape index (κ1) is 61.5. The van der Waals surface area contributed by atoms with Gasteiger partial charge in [-0.15, -0.1) is 0 Å². The fourth-order valence-corrected chi connectivity index (χ4v) is 16.0. The van der Waals surface area contributed by atoms with E-state index in [1.165, 1.54) is 32.3 Å². The van der Waals surface area contributed by atoms with Crippen molar-refractivity contribution in [3.05, 3.63) is 400 Å². The van der Waals surface area contributed by atoms with E-state index in [1.807, 2.05) is 0 Å². The van der Waals surface area contributed by atoms with Crippen LogP contribution in [0.1, 0.15) is 0 Å². The first-order chi connectivity index (χ1) is 52.6. The molecule has 498 valence electrons. The summed E-state index contributed by atoms with van der Waals surface area (Å²) in [6, 6.07) is 144. The van der Waals surface area contributed by atoms with Gasteiger partial charge >= 0.3 is 0 Å².